The van der Waals surface area contributed by atoms with Gasteiger partial charge in [-0.25, -0.2) is 19.3 Å². The smallest absolute Gasteiger partial charge is 0.433 e. The molecule has 6 aromatic carbocycles. The van der Waals surface area contributed by atoms with Crippen LogP contribution >= 0.6 is 23.5 Å². The van der Waals surface area contributed by atoms with E-state index < -0.39 is 24.8 Å². The highest BCUT2D eigenvalue weighted by atomic mass is 32.2. The van der Waals surface area contributed by atoms with E-state index in [9.17, 15) is 35.1 Å². The maximum absolute atomic E-state index is 14.0. The predicted molar refractivity (Wildman–Crippen MR) is 302 cm³/mol. The fourth-order valence-electron chi connectivity index (χ4n) is 9.18. The average Bonchev–Trinajstić information content (AvgIpc) is 4.06. The molecule has 4 heterocycles. The van der Waals surface area contributed by atoms with Gasteiger partial charge in [0, 0.05) is 40.4 Å². The lowest BCUT2D eigenvalue weighted by molar-refractivity contribution is -0.275. The first-order chi connectivity index (χ1) is 39.2. The van der Waals surface area contributed by atoms with Gasteiger partial charge < -0.3 is 24.0 Å². The van der Waals surface area contributed by atoms with E-state index in [2.05, 4.69) is 82.7 Å². The van der Waals surface area contributed by atoms with Gasteiger partial charge >= 0.3 is 19.3 Å². The summed E-state index contributed by atoms with van der Waals surface area (Å²) in [7, 11) is 0. The summed E-state index contributed by atoms with van der Waals surface area (Å²) < 4.78 is 120. The van der Waals surface area contributed by atoms with E-state index in [1.807, 2.05) is 54.3 Å². The lowest BCUT2D eigenvalue weighted by Crippen LogP contribution is -2.34. The van der Waals surface area contributed by atoms with Crippen LogP contribution < -0.4 is 24.0 Å². The molecular formula is C57H48F8N12O3S2. The van der Waals surface area contributed by atoms with Crippen molar-refractivity contribution in [3.63, 3.8) is 0 Å². The Morgan fingerprint density at radius 3 is 1.52 bits per heavy atom. The quantitative estimate of drug-likeness (QED) is 0.0488. The van der Waals surface area contributed by atoms with Crippen molar-refractivity contribution in [2.45, 2.75) is 71.0 Å². The number of thioether (sulfide) groups is 2. The summed E-state index contributed by atoms with van der Waals surface area (Å²) in [6.45, 7) is 5.32. The summed E-state index contributed by atoms with van der Waals surface area (Å²) in [5.41, 5.74) is 6.68. The number of hydrogen-bond acceptors (Lipinski definition) is 13. The van der Waals surface area contributed by atoms with Gasteiger partial charge in [-0.05, 0) is 115 Å². The topological polar surface area (TPSA) is 145 Å². The van der Waals surface area contributed by atoms with Crippen molar-refractivity contribution in [3.8, 4) is 51.4 Å². The van der Waals surface area contributed by atoms with E-state index in [0.29, 0.717) is 62.7 Å². The Hall–Kier alpha value is -8.58. The second kappa shape index (κ2) is 23.9. The van der Waals surface area contributed by atoms with E-state index >= 15 is 0 Å². The van der Waals surface area contributed by atoms with Gasteiger partial charge in [-0.1, -0.05) is 110 Å². The molecule has 15 nitrogen and oxygen atoms in total. The molecule has 0 bridgehead atoms. The van der Waals surface area contributed by atoms with Crippen LogP contribution in [0.5, 0.6) is 17.2 Å². The van der Waals surface area contributed by atoms with Crippen LogP contribution in [0.4, 0.5) is 46.5 Å². The summed E-state index contributed by atoms with van der Waals surface area (Å²) in [4.78, 5) is 12.8. The van der Waals surface area contributed by atoms with Gasteiger partial charge in [0.25, 0.3) is 0 Å². The van der Waals surface area contributed by atoms with Crippen LogP contribution in [0.3, 0.4) is 0 Å². The Morgan fingerprint density at radius 1 is 0.598 bits per heavy atom. The molecule has 0 spiro atoms. The molecule has 2 aliphatic heterocycles. The van der Waals surface area contributed by atoms with Crippen LogP contribution in [0.1, 0.15) is 49.9 Å². The first-order valence-electron chi connectivity index (χ1n) is 25.2. The van der Waals surface area contributed by atoms with Crippen LogP contribution in [0.25, 0.3) is 34.2 Å². The van der Waals surface area contributed by atoms with Crippen LogP contribution in [0, 0.1) is 0 Å². The number of alkyl halides is 8. The number of anilines is 2. The lowest BCUT2D eigenvalue weighted by atomic mass is 9.78. The molecule has 8 aromatic rings. The van der Waals surface area contributed by atoms with E-state index in [-0.39, 0.29) is 29.3 Å². The first-order valence-corrected chi connectivity index (χ1v) is 27.2. The molecule has 0 aliphatic carbocycles. The minimum absolute atomic E-state index is 0.0000860. The van der Waals surface area contributed by atoms with Crippen molar-refractivity contribution >= 4 is 57.7 Å². The summed E-state index contributed by atoms with van der Waals surface area (Å²) in [6.07, 6.45) is -2.93. The maximum Gasteiger partial charge on any atom is 0.573 e. The number of aromatic nitrogens is 6. The van der Waals surface area contributed by atoms with Gasteiger partial charge in [0.2, 0.25) is 0 Å². The number of para-hydroxylation sites is 1. The highest BCUT2D eigenvalue weighted by Gasteiger charge is 2.36. The maximum atomic E-state index is 14.0. The fourth-order valence-corrected chi connectivity index (χ4v) is 11.3. The zero-order valence-corrected chi connectivity index (χ0v) is 45.5. The number of halogens is 8. The third kappa shape index (κ3) is 13.8. The summed E-state index contributed by atoms with van der Waals surface area (Å²) in [5, 5.41) is 28.3. The third-order valence-electron chi connectivity index (χ3n) is 12.9. The molecule has 82 heavy (non-hydrogen) atoms. The van der Waals surface area contributed by atoms with Crippen LogP contribution in [0.15, 0.2) is 173 Å². The molecule has 2 aliphatic rings. The minimum Gasteiger partial charge on any atom is -0.433 e. The molecule has 2 fully saturated rings. The zero-order chi connectivity index (χ0) is 57.8. The second-order valence-electron chi connectivity index (χ2n) is 19.4. The predicted octanol–water partition coefficient (Wildman–Crippen LogP) is 13.8. The van der Waals surface area contributed by atoms with Crippen molar-refractivity contribution in [2.24, 2.45) is 20.4 Å². The monoisotopic (exact) mass is 1160 g/mol. The Morgan fingerprint density at radius 2 is 1.06 bits per heavy atom. The molecule has 0 saturated carbocycles. The molecule has 2 saturated heterocycles. The number of rotatable bonds is 17. The molecule has 0 radical (unpaired) electrons. The first kappa shape index (κ1) is 56.7. The number of benzene rings is 6. The van der Waals surface area contributed by atoms with Gasteiger partial charge in [-0.3, -0.25) is 0 Å². The van der Waals surface area contributed by atoms with Gasteiger partial charge in [0.05, 0.1) is 29.5 Å². The Labute approximate surface area is 473 Å². The Balaban J connectivity index is 0.816. The van der Waals surface area contributed by atoms with Gasteiger partial charge in [0.1, 0.15) is 29.9 Å². The molecule has 10 rings (SSSR count). The summed E-state index contributed by atoms with van der Waals surface area (Å²) in [6, 6.07) is 38.4. The highest BCUT2D eigenvalue weighted by Crippen LogP contribution is 2.43. The minimum atomic E-state index is -4.80. The number of ether oxygens (including phenoxy) is 3. The van der Waals surface area contributed by atoms with E-state index in [0.717, 1.165) is 33.3 Å². The number of amidine groups is 2. The molecule has 422 valence electrons. The zero-order valence-electron chi connectivity index (χ0n) is 43.9. The van der Waals surface area contributed by atoms with Gasteiger partial charge in [-0.15, -0.1) is 46.7 Å². The fraction of sp³-hybridized carbons (Fsp3) is 0.228. The van der Waals surface area contributed by atoms with E-state index in [4.69, 9.17) is 9.84 Å². The van der Waals surface area contributed by atoms with Crippen molar-refractivity contribution in [3.05, 3.63) is 174 Å². The molecule has 2 atom stereocenters. The number of nitrogens with zero attached hydrogens (tertiary/aromatic N) is 12. The molecule has 0 amide bonds. The SMILES string of the molecule is CC1CS/C(=N\N=C\c2ccc(-c3ncn(-c4ccc(OC(F)(F)F)cc4)n3)cc2)N1c1cc(CC(C)(C)c2ccccc2N2/C(=N/N=C/c3ccc(-c4ncn(-c5ccc(OC(F)(F)F)cc5)n4)cc3)SCC2C)ccc1OC(F)F. The van der Waals surface area contributed by atoms with Crippen LogP contribution in [-0.2, 0) is 11.8 Å². The largest absolute Gasteiger partial charge is 0.573 e. The molecular weight excluding hydrogens is 1120 g/mol. The summed E-state index contributed by atoms with van der Waals surface area (Å²) >= 11 is 3.04. The lowest BCUT2D eigenvalue weighted by Gasteiger charge is -2.33. The molecule has 0 N–H and O–H groups in total. The third-order valence-corrected chi connectivity index (χ3v) is 15.3. The van der Waals surface area contributed by atoms with Crippen molar-refractivity contribution in [1.29, 1.82) is 0 Å². The highest BCUT2D eigenvalue weighted by molar-refractivity contribution is 8.14. The molecule has 25 heteroatoms. The van der Waals surface area contributed by atoms with Crippen molar-refractivity contribution in [1.82, 2.24) is 29.5 Å². The Kier molecular flexibility index (Phi) is 16.5. The number of hydrogen-bond donors (Lipinski definition) is 0. The van der Waals surface area contributed by atoms with E-state index in [1.54, 1.807) is 60.6 Å². The second-order valence-corrected chi connectivity index (χ2v) is 21.4. The van der Waals surface area contributed by atoms with Gasteiger partial charge in [-0.2, -0.15) is 19.0 Å². The van der Waals surface area contributed by atoms with Crippen molar-refractivity contribution < 1.29 is 49.3 Å². The summed E-state index contributed by atoms with van der Waals surface area (Å²) in [5.74, 6) is 1.49. The standard InChI is InChI=1S/C57H48F8N12O3S2/c1-35-31-81-53(70-68-29-37-9-14-40(15-10-37)50-66-33-74(72-50)42-18-22-44(23-19-42)79-56(60,61)62)76(35)47-8-6-5-7-46(47)55(3,4)28-39-13-26-49(78-52(58)59)48(27-39)77-36(2)32-82-54(77)71-69-30-38-11-16-41(17-12-38)51-67-34-75(73-51)43-20-24-45(25-21-43)80-57(63,64)65/h5-27,29-30,33-36,52H,28,31-32H2,1-4H3/b68-29+,69-30+,70-53-,71-54-. The van der Waals surface area contributed by atoms with E-state index in [1.165, 1.54) is 82.3 Å². The van der Waals surface area contributed by atoms with Crippen molar-refractivity contribution in [2.75, 3.05) is 21.3 Å². The molecule has 2 unspecified atom stereocenters. The molecule has 2 aromatic heterocycles. The van der Waals surface area contributed by atoms with Gasteiger partial charge in [0.15, 0.2) is 22.0 Å². The van der Waals surface area contributed by atoms with Crippen LogP contribution in [0.2, 0.25) is 0 Å². The normalized spacial score (nSPS) is 17.1. The average molecular weight is 1170 g/mol. The van der Waals surface area contributed by atoms with Crippen LogP contribution in [-0.4, -0.2) is 95.2 Å². The Bertz CT molecular complexity index is 3650.